The third kappa shape index (κ3) is 6.62. The molecule has 0 saturated heterocycles. The van der Waals surface area contributed by atoms with E-state index in [0.717, 1.165) is 28.1 Å². The number of benzene rings is 3. The van der Waals surface area contributed by atoms with Gasteiger partial charge in [-0.05, 0) is 60.9 Å². The Bertz CT molecular complexity index is 1300. The van der Waals surface area contributed by atoms with E-state index in [1.165, 1.54) is 12.1 Å². The number of rotatable bonds is 12. The van der Waals surface area contributed by atoms with Gasteiger partial charge in [0, 0.05) is 24.9 Å². The van der Waals surface area contributed by atoms with Gasteiger partial charge < -0.3 is 14.3 Å². The molecule has 6 nitrogen and oxygen atoms in total. The standard InChI is InChI=1S/C30H31FN2O4/c1-3-30(29(34)35,32-20-23-9-13-25(31)14-10-23)19-22-11-15-26(16-12-22)36-18-17-27-21(2)37-28(33-27)24-7-5-4-6-8-24/h4-16,32H,3,17-20H2,1-2H3,(H,34,35)/t30-/m0/s1. The zero-order chi connectivity index (χ0) is 26.3. The summed E-state index contributed by atoms with van der Waals surface area (Å²) in [5.41, 5.74) is 2.35. The summed E-state index contributed by atoms with van der Waals surface area (Å²) in [5.74, 6) is 0.832. The summed E-state index contributed by atoms with van der Waals surface area (Å²) < 4.78 is 24.9. The number of aryl methyl sites for hydroxylation is 1. The van der Waals surface area contributed by atoms with Gasteiger partial charge in [0.25, 0.3) is 0 Å². The Hall–Kier alpha value is -3.97. The van der Waals surface area contributed by atoms with Crippen LogP contribution in [-0.2, 0) is 24.2 Å². The van der Waals surface area contributed by atoms with Gasteiger partial charge in [-0.1, -0.05) is 49.4 Å². The Morgan fingerprint density at radius 1 is 1.03 bits per heavy atom. The van der Waals surface area contributed by atoms with Crippen molar-refractivity contribution in [2.24, 2.45) is 0 Å². The number of nitrogens with zero attached hydrogens (tertiary/aromatic N) is 1. The van der Waals surface area contributed by atoms with E-state index >= 15 is 0 Å². The van der Waals surface area contributed by atoms with Crippen molar-refractivity contribution in [2.45, 2.75) is 45.2 Å². The molecule has 1 heterocycles. The van der Waals surface area contributed by atoms with Gasteiger partial charge >= 0.3 is 5.97 Å². The lowest BCUT2D eigenvalue weighted by atomic mass is 9.87. The third-order valence-corrected chi connectivity index (χ3v) is 6.51. The molecular weight excluding hydrogens is 471 g/mol. The molecule has 0 aliphatic heterocycles. The van der Waals surface area contributed by atoms with Gasteiger partial charge in [0.2, 0.25) is 5.89 Å². The summed E-state index contributed by atoms with van der Waals surface area (Å²) in [5, 5.41) is 13.2. The van der Waals surface area contributed by atoms with Gasteiger partial charge in [0.05, 0.1) is 12.3 Å². The van der Waals surface area contributed by atoms with E-state index in [1.54, 1.807) is 12.1 Å². The van der Waals surface area contributed by atoms with Crippen molar-refractivity contribution in [1.29, 1.82) is 0 Å². The molecule has 4 rings (SSSR count). The number of carboxylic acids is 1. The van der Waals surface area contributed by atoms with Crippen LogP contribution < -0.4 is 10.1 Å². The lowest BCUT2D eigenvalue weighted by Crippen LogP contribution is -2.53. The molecule has 3 aromatic carbocycles. The number of ether oxygens (including phenoxy) is 1. The summed E-state index contributed by atoms with van der Waals surface area (Å²) >= 11 is 0. The minimum atomic E-state index is -1.14. The van der Waals surface area contributed by atoms with Crippen LogP contribution in [0.4, 0.5) is 4.39 Å². The number of hydrogen-bond donors (Lipinski definition) is 2. The minimum Gasteiger partial charge on any atom is -0.493 e. The summed E-state index contributed by atoms with van der Waals surface area (Å²) in [6.45, 7) is 4.51. The molecule has 4 aromatic rings. The fourth-order valence-corrected chi connectivity index (χ4v) is 4.17. The van der Waals surface area contributed by atoms with E-state index in [1.807, 2.05) is 68.4 Å². The lowest BCUT2D eigenvalue weighted by Gasteiger charge is -2.30. The number of hydrogen-bond acceptors (Lipinski definition) is 5. The zero-order valence-corrected chi connectivity index (χ0v) is 21.0. The highest BCUT2D eigenvalue weighted by molar-refractivity contribution is 5.79. The van der Waals surface area contributed by atoms with E-state index in [9.17, 15) is 14.3 Å². The van der Waals surface area contributed by atoms with Gasteiger partial charge in [-0.15, -0.1) is 0 Å². The number of nitrogens with one attached hydrogen (secondary N) is 1. The Labute approximate surface area is 216 Å². The fourth-order valence-electron chi connectivity index (χ4n) is 4.17. The van der Waals surface area contributed by atoms with Crippen LogP contribution in [0.1, 0.15) is 35.9 Å². The molecule has 0 unspecified atom stereocenters. The van der Waals surface area contributed by atoms with Gasteiger partial charge in [-0.2, -0.15) is 0 Å². The largest absolute Gasteiger partial charge is 0.493 e. The van der Waals surface area contributed by atoms with Crippen LogP contribution in [0.15, 0.2) is 83.3 Å². The van der Waals surface area contributed by atoms with Crippen LogP contribution in [0.3, 0.4) is 0 Å². The van der Waals surface area contributed by atoms with Crippen molar-refractivity contribution >= 4 is 5.97 Å². The molecule has 0 aliphatic carbocycles. The maximum absolute atomic E-state index is 13.2. The van der Waals surface area contributed by atoms with Gasteiger partial charge in [0.15, 0.2) is 0 Å². The molecule has 0 radical (unpaired) electrons. The lowest BCUT2D eigenvalue weighted by molar-refractivity contribution is -0.145. The number of carboxylic acid groups (broad SMARTS) is 1. The molecular formula is C30H31FN2O4. The first-order chi connectivity index (χ1) is 17.9. The molecule has 1 atom stereocenters. The average molecular weight is 503 g/mol. The number of aromatic nitrogens is 1. The molecule has 0 fully saturated rings. The predicted octanol–water partition coefficient (Wildman–Crippen LogP) is 5.98. The summed E-state index contributed by atoms with van der Waals surface area (Å²) in [4.78, 5) is 16.8. The van der Waals surface area contributed by atoms with Crippen molar-refractivity contribution in [3.8, 4) is 17.2 Å². The first-order valence-corrected chi connectivity index (χ1v) is 12.3. The number of carbonyl (C=O) groups is 1. The van der Waals surface area contributed by atoms with Crippen molar-refractivity contribution in [3.63, 3.8) is 0 Å². The van der Waals surface area contributed by atoms with Gasteiger partial charge in [-0.3, -0.25) is 10.1 Å². The monoisotopic (exact) mass is 502 g/mol. The molecule has 37 heavy (non-hydrogen) atoms. The summed E-state index contributed by atoms with van der Waals surface area (Å²) in [6, 6.07) is 23.3. The number of halogens is 1. The maximum Gasteiger partial charge on any atom is 0.324 e. The first kappa shape index (κ1) is 26.1. The third-order valence-electron chi connectivity index (χ3n) is 6.51. The van der Waals surface area contributed by atoms with Crippen molar-refractivity contribution in [3.05, 3.63) is 107 Å². The average Bonchev–Trinajstić information content (AvgIpc) is 3.29. The molecule has 0 aliphatic rings. The zero-order valence-electron chi connectivity index (χ0n) is 21.0. The van der Waals surface area contributed by atoms with E-state index in [4.69, 9.17) is 9.15 Å². The second-order valence-corrected chi connectivity index (χ2v) is 9.03. The number of oxazole rings is 1. The fraction of sp³-hybridized carbons (Fsp3) is 0.267. The highest BCUT2D eigenvalue weighted by Crippen LogP contribution is 2.23. The summed E-state index contributed by atoms with van der Waals surface area (Å²) in [7, 11) is 0. The van der Waals surface area contributed by atoms with Crippen LogP contribution >= 0.6 is 0 Å². The van der Waals surface area contributed by atoms with Crippen LogP contribution in [0.2, 0.25) is 0 Å². The molecule has 192 valence electrons. The van der Waals surface area contributed by atoms with E-state index in [2.05, 4.69) is 10.3 Å². The molecule has 0 saturated carbocycles. The van der Waals surface area contributed by atoms with Crippen molar-refractivity contribution in [2.75, 3.05) is 6.61 Å². The maximum atomic E-state index is 13.2. The van der Waals surface area contributed by atoms with Crippen LogP contribution in [0, 0.1) is 12.7 Å². The van der Waals surface area contributed by atoms with Gasteiger partial charge in [0.1, 0.15) is 22.9 Å². The van der Waals surface area contributed by atoms with Crippen molar-refractivity contribution in [1.82, 2.24) is 10.3 Å². The Balaban J connectivity index is 1.34. The summed E-state index contributed by atoms with van der Waals surface area (Å²) in [6.07, 6.45) is 1.31. The van der Waals surface area contributed by atoms with Crippen LogP contribution in [0.5, 0.6) is 5.75 Å². The predicted molar refractivity (Wildman–Crippen MR) is 140 cm³/mol. The van der Waals surface area contributed by atoms with E-state index in [0.29, 0.717) is 44.1 Å². The molecule has 0 spiro atoms. The molecule has 2 N–H and O–H groups in total. The molecule has 0 bridgehead atoms. The van der Waals surface area contributed by atoms with E-state index in [-0.39, 0.29) is 5.82 Å². The second kappa shape index (κ2) is 11.8. The normalized spacial score (nSPS) is 12.7. The van der Waals surface area contributed by atoms with Crippen molar-refractivity contribution < 1.29 is 23.4 Å². The topological polar surface area (TPSA) is 84.6 Å². The van der Waals surface area contributed by atoms with Crippen LogP contribution in [-0.4, -0.2) is 28.2 Å². The Morgan fingerprint density at radius 2 is 1.70 bits per heavy atom. The smallest absolute Gasteiger partial charge is 0.324 e. The van der Waals surface area contributed by atoms with Crippen LogP contribution in [0.25, 0.3) is 11.5 Å². The first-order valence-electron chi connectivity index (χ1n) is 12.3. The molecule has 1 aromatic heterocycles. The second-order valence-electron chi connectivity index (χ2n) is 9.03. The quantitative estimate of drug-likeness (QED) is 0.248. The highest BCUT2D eigenvalue weighted by atomic mass is 19.1. The Morgan fingerprint density at radius 3 is 2.35 bits per heavy atom. The van der Waals surface area contributed by atoms with Gasteiger partial charge in [-0.25, -0.2) is 9.37 Å². The highest BCUT2D eigenvalue weighted by Gasteiger charge is 2.36. The Kier molecular flexibility index (Phi) is 8.36. The molecule has 0 amide bonds. The SMILES string of the molecule is CC[C@@](Cc1ccc(OCCc2nc(-c3ccccc3)oc2C)cc1)(NCc1ccc(F)cc1)C(=O)O. The number of aliphatic carboxylic acids is 1. The molecule has 7 heteroatoms. The van der Waals surface area contributed by atoms with E-state index < -0.39 is 11.5 Å². The minimum absolute atomic E-state index is 0.306.